The molecular weight excluding hydrogens is 328 g/mol. The van der Waals surface area contributed by atoms with Crippen LogP contribution in [0.2, 0.25) is 0 Å². The first-order valence-corrected chi connectivity index (χ1v) is 8.91. The number of rotatable bonds is 5. The number of aryl methyl sites for hydroxylation is 1. The van der Waals surface area contributed by atoms with E-state index in [1.54, 1.807) is 0 Å². The van der Waals surface area contributed by atoms with E-state index in [1.165, 1.54) is 34.9 Å². The van der Waals surface area contributed by atoms with E-state index in [4.69, 9.17) is 0 Å². The Labute approximate surface area is 135 Å². The van der Waals surface area contributed by atoms with Gasteiger partial charge in [-0.2, -0.15) is 0 Å². The zero-order valence-electron chi connectivity index (χ0n) is 12.5. The maximum atomic E-state index is 9.40. The summed E-state index contributed by atoms with van der Waals surface area (Å²) in [7, 11) is 0. The average molecular weight is 353 g/mol. The lowest BCUT2D eigenvalue weighted by Crippen LogP contribution is -2.46. The molecule has 2 unspecified atom stereocenters. The summed E-state index contributed by atoms with van der Waals surface area (Å²) in [6.07, 6.45) is 6.04. The predicted octanol–water partition coefficient (Wildman–Crippen LogP) is 2.35. The van der Waals surface area contributed by atoms with Gasteiger partial charge >= 0.3 is 0 Å². The van der Waals surface area contributed by atoms with Gasteiger partial charge in [0, 0.05) is 29.6 Å². The maximum Gasteiger partial charge on any atom is 0.0558 e. The van der Waals surface area contributed by atoms with Crippen molar-refractivity contribution in [3.8, 4) is 0 Å². The van der Waals surface area contributed by atoms with Crippen molar-refractivity contribution in [3.63, 3.8) is 0 Å². The highest BCUT2D eigenvalue weighted by atomic mass is 79.9. The summed E-state index contributed by atoms with van der Waals surface area (Å²) < 4.78 is 1.18. The summed E-state index contributed by atoms with van der Waals surface area (Å²) in [4.78, 5) is 2.51. The Balaban J connectivity index is 1.67. The van der Waals surface area contributed by atoms with E-state index >= 15 is 0 Å². The molecule has 4 heteroatoms. The van der Waals surface area contributed by atoms with E-state index in [0.29, 0.717) is 12.1 Å². The molecule has 1 aliphatic heterocycles. The Bertz CT molecular complexity index is 474. The lowest BCUT2D eigenvalue weighted by atomic mass is 9.87. The standard InChI is InChI=1S/C17H25BrN2O/c18-15-5-3-14-11-17(6-4-13(14)10-15)20(8-9-21)12-16-2-1-7-19-16/h3,5,10,16-17,19,21H,1-2,4,6-9,11-12H2. The monoisotopic (exact) mass is 352 g/mol. The zero-order valence-corrected chi connectivity index (χ0v) is 14.1. The van der Waals surface area contributed by atoms with Gasteiger partial charge in [-0.25, -0.2) is 0 Å². The molecule has 116 valence electrons. The summed E-state index contributed by atoms with van der Waals surface area (Å²) in [5.41, 5.74) is 2.97. The van der Waals surface area contributed by atoms with Crippen LogP contribution in [-0.2, 0) is 12.8 Å². The van der Waals surface area contributed by atoms with Crippen LogP contribution in [0.4, 0.5) is 0 Å². The number of hydrogen-bond acceptors (Lipinski definition) is 3. The fraction of sp³-hybridized carbons (Fsp3) is 0.647. The normalized spacial score (nSPS) is 25.3. The van der Waals surface area contributed by atoms with Crippen molar-refractivity contribution < 1.29 is 5.11 Å². The second-order valence-electron chi connectivity index (χ2n) is 6.32. The molecule has 0 spiro atoms. The van der Waals surface area contributed by atoms with Gasteiger partial charge in [0.25, 0.3) is 0 Å². The van der Waals surface area contributed by atoms with Crippen molar-refractivity contribution in [2.75, 3.05) is 26.2 Å². The Morgan fingerprint density at radius 3 is 2.95 bits per heavy atom. The molecule has 21 heavy (non-hydrogen) atoms. The largest absolute Gasteiger partial charge is 0.395 e. The van der Waals surface area contributed by atoms with Crippen LogP contribution < -0.4 is 5.32 Å². The first-order chi connectivity index (χ1) is 10.3. The third-order valence-corrected chi connectivity index (χ3v) is 5.38. The third kappa shape index (κ3) is 3.86. The van der Waals surface area contributed by atoms with Crippen LogP contribution >= 0.6 is 15.9 Å². The summed E-state index contributed by atoms with van der Waals surface area (Å²) in [5, 5.41) is 13.0. The fourth-order valence-electron chi connectivity index (χ4n) is 3.76. The van der Waals surface area contributed by atoms with E-state index in [9.17, 15) is 5.11 Å². The molecule has 2 atom stereocenters. The lowest BCUT2D eigenvalue weighted by molar-refractivity contribution is 0.129. The molecule has 0 aromatic heterocycles. The second kappa shape index (κ2) is 7.23. The van der Waals surface area contributed by atoms with Gasteiger partial charge in [0.1, 0.15) is 0 Å². The molecule has 0 bridgehead atoms. The Morgan fingerprint density at radius 2 is 2.19 bits per heavy atom. The van der Waals surface area contributed by atoms with E-state index in [2.05, 4.69) is 44.3 Å². The molecule has 2 N–H and O–H groups in total. The number of nitrogens with zero attached hydrogens (tertiary/aromatic N) is 1. The predicted molar refractivity (Wildman–Crippen MR) is 89.6 cm³/mol. The molecule has 3 rings (SSSR count). The maximum absolute atomic E-state index is 9.40. The lowest BCUT2D eigenvalue weighted by Gasteiger charge is -2.36. The van der Waals surface area contributed by atoms with Crippen molar-refractivity contribution >= 4 is 15.9 Å². The molecule has 0 radical (unpaired) electrons. The van der Waals surface area contributed by atoms with Crippen LogP contribution in [0.25, 0.3) is 0 Å². The van der Waals surface area contributed by atoms with Gasteiger partial charge in [-0.3, -0.25) is 4.90 Å². The van der Waals surface area contributed by atoms with Crippen molar-refractivity contribution in [1.29, 1.82) is 0 Å². The van der Waals surface area contributed by atoms with Crippen LogP contribution in [0.1, 0.15) is 30.4 Å². The average Bonchev–Trinajstić information content (AvgIpc) is 2.99. The minimum atomic E-state index is 0.260. The van der Waals surface area contributed by atoms with Gasteiger partial charge < -0.3 is 10.4 Å². The third-order valence-electron chi connectivity index (χ3n) is 4.89. The number of aliphatic hydroxyl groups is 1. The number of fused-ring (bicyclic) bond motifs is 1. The first kappa shape index (κ1) is 15.5. The Morgan fingerprint density at radius 1 is 1.29 bits per heavy atom. The minimum Gasteiger partial charge on any atom is -0.395 e. The number of benzene rings is 1. The number of hydrogen-bond donors (Lipinski definition) is 2. The van der Waals surface area contributed by atoms with Crippen molar-refractivity contribution in [1.82, 2.24) is 10.2 Å². The van der Waals surface area contributed by atoms with Crippen LogP contribution in [0, 0.1) is 0 Å². The molecule has 1 aliphatic carbocycles. The molecule has 1 heterocycles. The highest BCUT2D eigenvalue weighted by Gasteiger charge is 2.27. The second-order valence-corrected chi connectivity index (χ2v) is 7.24. The van der Waals surface area contributed by atoms with Gasteiger partial charge in [-0.05, 0) is 61.9 Å². The molecule has 1 aromatic carbocycles. The molecule has 0 amide bonds. The SMILES string of the molecule is OCCN(CC1CCCN1)C1CCc2cc(Br)ccc2C1. The topological polar surface area (TPSA) is 35.5 Å². The highest BCUT2D eigenvalue weighted by molar-refractivity contribution is 9.10. The van der Waals surface area contributed by atoms with Gasteiger partial charge in [0.15, 0.2) is 0 Å². The molecule has 0 saturated carbocycles. The summed E-state index contributed by atoms with van der Waals surface area (Å²) in [6, 6.07) is 7.86. The van der Waals surface area contributed by atoms with E-state index < -0.39 is 0 Å². The first-order valence-electron chi connectivity index (χ1n) is 8.12. The minimum absolute atomic E-state index is 0.260. The summed E-state index contributed by atoms with van der Waals surface area (Å²) in [6.45, 7) is 3.29. The van der Waals surface area contributed by atoms with Gasteiger partial charge in [-0.15, -0.1) is 0 Å². The quantitative estimate of drug-likeness (QED) is 0.853. The van der Waals surface area contributed by atoms with Crippen molar-refractivity contribution in [3.05, 3.63) is 33.8 Å². The van der Waals surface area contributed by atoms with Crippen molar-refractivity contribution in [2.45, 2.75) is 44.2 Å². The summed E-state index contributed by atoms with van der Waals surface area (Å²) >= 11 is 3.57. The van der Waals surface area contributed by atoms with E-state index in [-0.39, 0.29) is 6.61 Å². The van der Waals surface area contributed by atoms with Crippen LogP contribution in [0.3, 0.4) is 0 Å². The van der Waals surface area contributed by atoms with Gasteiger partial charge in [0.2, 0.25) is 0 Å². The molecule has 1 fully saturated rings. The molecule has 2 aliphatic rings. The molecular formula is C17H25BrN2O. The molecule has 3 nitrogen and oxygen atoms in total. The van der Waals surface area contributed by atoms with Gasteiger partial charge in [0.05, 0.1) is 6.61 Å². The Kier molecular flexibility index (Phi) is 5.33. The van der Waals surface area contributed by atoms with Crippen molar-refractivity contribution in [2.24, 2.45) is 0 Å². The fourth-order valence-corrected chi connectivity index (χ4v) is 4.17. The van der Waals surface area contributed by atoms with Crippen LogP contribution in [-0.4, -0.2) is 48.3 Å². The smallest absolute Gasteiger partial charge is 0.0558 e. The van der Waals surface area contributed by atoms with E-state index in [1.807, 2.05) is 0 Å². The number of halogens is 1. The molecule has 1 aromatic rings. The zero-order chi connectivity index (χ0) is 14.7. The Hall–Kier alpha value is -0.420. The number of nitrogens with one attached hydrogen (secondary N) is 1. The van der Waals surface area contributed by atoms with Crippen LogP contribution in [0.15, 0.2) is 22.7 Å². The highest BCUT2D eigenvalue weighted by Crippen LogP contribution is 2.27. The molecule has 1 saturated heterocycles. The summed E-state index contributed by atoms with van der Waals surface area (Å²) in [5.74, 6) is 0. The van der Waals surface area contributed by atoms with Crippen LogP contribution in [0.5, 0.6) is 0 Å². The van der Waals surface area contributed by atoms with E-state index in [0.717, 1.165) is 32.5 Å². The van der Waals surface area contributed by atoms with Gasteiger partial charge in [-0.1, -0.05) is 22.0 Å². The number of aliphatic hydroxyl groups excluding tert-OH is 1.